The molecule has 1 fully saturated rings. The molecule has 5 nitrogen and oxygen atoms in total. The number of hydrogen-bond acceptors (Lipinski definition) is 4. The molecule has 0 radical (unpaired) electrons. The summed E-state index contributed by atoms with van der Waals surface area (Å²) < 4.78 is 10.7. The third-order valence-electron chi connectivity index (χ3n) is 4.64. The molecule has 146 valence electrons. The highest BCUT2D eigenvalue weighted by Gasteiger charge is 2.29. The monoisotopic (exact) mass is 370 g/mol. The summed E-state index contributed by atoms with van der Waals surface area (Å²) in [6.07, 6.45) is 15.7. The molecule has 0 bridgehead atoms. The van der Waals surface area contributed by atoms with Gasteiger partial charge in [-0.05, 0) is 38.0 Å². The summed E-state index contributed by atoms with van der Waals surface area (Å²) in [5.74, 6) is 1.63. The Bertz CT molecular complexity index is 709. The van der Waals surface area contributed by atoms with Gasteiger partial charge in [0.15, 0.2) is 5.76 Å². The first kappa shape index (κ1) is 20.7. The normalized spacial score (nSPS) is 20.6. The maximum atomic E-state index is 13.0. The molecule has 0 unspecified atom stereocenters. The first-order chi connectivity index (χ1) is 13.1. The zero-order chi connectivity index (χ0) is 19.6. The van der Waals surface area contributed by atoms with Crippen LogP contribution in [0.4, 0.5) is 0 Å². The van der Waals surface area contributed by atoms with Crippen LogP contribution in [-0.4, -0.2) is 56.6 Å². The smallest absolute Gasteiger partial charge is 0.251 e. The van der Waals surface area contributed by atoms with E-state index in [1.54, 1.807) is 20.3 Å². The van der Waals surface area contributed by atoms with Crippen LogP contribution in [0, 0.1) is 5.92 Å². The van der Waals surface area contributed by atoms with E-state index in [0.717, 1.165) is 31.5 Å². The van der Waals surface area contributed by atoms with Crippen LogP contribution in [0.3, 0.4) is 0 Å². The minimum absolute atomic E-state index is 0.0709. The fraction of sp³-hybridized carbons (Fsp3) is 0.455. The maximum Gasteiger partial charge on any atom is 0.251 e. The number of nitrogens with zero attached hydrogens (tertiary/aromatic N) is 2. The predicted molar refractivity (Wildman–Crippen MR) is 108 cm³/mol. The van der Waals surface area contributed by atoms with E-state index in [4.69, 9.17) is 9.47 Å². The highest BCUT2D eigenvalue weighted by Crippen LogP contribution is 2.24. The number of rotatable bonds is 6. The van der Waals surface area contributed by atoms with Crippen LogP contribution in [0.2, 0.25) is 0 Å². The number of hydrogen-bond donors (Lipinski definition) is 0. The molecule has 1 atom stereocenters. The van der Waals surface area contributed by atoms with Crippen molar-refractivity contribution in [3.8, 4) is 0 Å². The Morgan fingerprint density at radius 2 is 2.07 bits per heavy atom. The van der Waals surface area contributed by atoms with Crippen LogP contribution in [0.15, 0.2) is 65.5 Å². The number of methoxy groups -OCH3 is 2. The molecule has 0 N–H and O–H groups in total. The molecule has 1 amide bonds. The summed E-state index contributed by atoms with van der Waals surface area (Å²) in [6, 6.07) is 0. The van der Waals surface area contributed by atoms with Crippen molar-refractivity contribution < 1.29 is 14.3 Å². The number of amides is 1. The lowest BCUT2D eigenvalue weighted by Crippen LogP contribution is -2.42. The number of ether oxygens (including phenoxy) is 2. The molecular formula is C22H30N2O3. The van der Waals surface area contributed by atoms with E-state index in [9.17, 15) is 4.79 Å². The van der Waals surface area contributed by atoms with Crippen molar-refractivity contribution in [1.82, 2.24) is 9.80 Å². The highest BCUT2D eigenvalue weighted by atomic mass is 16.5. The van der Waals surface area contributed by atoms with E-state index in [1.165, 1.54) is 0 Å². The van der Waals surface area contributed by atoms with Crippen molar-refractivity contribution in [2.45, 2.75) is 19.8 Å². The molecule has 0 aromatic carbocycles. The largest absolute Gasteiger partial charge is 0.491 e. The second kappa shape index (κ2) is 10.5. The Labute approximate surface area is 162 Å². The zero-order valence-electron chi connectivity index (χ0n) is 16.8. The van der Waals surface area contributed by atoms with Crippen LogP contribution >= 0.6 is 0 Å². The van der Waals surface area contributed by atoms with E-state index in [2.05, 4.69) is 11.8 Å². The van der Waals surface area contributed by atoms with E-state index in [1.807, 2.05) is 54.2 Å². The van der Waals surface area contributed by atoms with Gasteiger partial charge >= 0.3 is 0 Å². The summed E-state index contributed by atoms with van der Waals surface area (Å²) >= 11 is 0. The molecule has 0 aliphatic carbocycles. The van der Waals surface area contributed by atoms with Gasteiger partial charge < -0.3 is 19.3 Å². The van der Waals surface area contributed by atoms with Crippen molar-refractivity contribution in [3.63, 3.8) is 0 Å². The van der Waals surface area contributed by atoms with Gasteiger partial charge in [0.05, 0.1) is 20.8 Å². The Balaban J connectivity index is 2.05. The molecule has 2 aliphatic heterocycles. The van der Waals surface area contributed by atoms with E-state index in [0.29, 0.717) is 24.1 Å². The molecule has 0 aromatic rings. The molecule has 5 heteroatoms. The van der Waals surface area contributed by atoms with Crippen molar-refractivity contribution in [1.29, 1.82) is 0 Å². The zero-order valence-corrected chi connectivity index (χ0v) is 16.8. The summed E-state index contributed by atoms with van der Waals surface area (Å²) in [7, 11) is 5.09. The van der Waals surface area contributed by atoms with E-state index < -0.39 is 0 Å². The molecule has 2 aliphatic rings. The molecule has 0 saturated carbocycles. The molecule has 27 heavy (non-hydrogen) atoms. The first-order valence-corrected chi connectivity index (χ1v) is 9.34. The van der Waals surface area contributed by atoms with E-state index in [-0.39, 0.29) is 5.91 Å². The van der Waals surface area contributed by atoms with Crippen LogP contribution in [0.1, 0.15) is 19.8 Å². The number of allylic oxidation sites excluding steroid dienone is 5. The quantitative estimate of drug-likeness (QED) is 0.531. The van der Waals surface area contributed by atoms with Crippen LogP contribution in [0.25, 0.3) is 0 Å². The van der Waals surface area contributed by atoms with Gasteiger partial charge in [0.1, 0.15) is 0 Å². The fourth-order valence-electron chi connectivity index (χ4n) is 3.32. The number of likely N-dealkylation sites (N-methyl/N-ethyl adjacent to an activating group) is 1. The Kier molecular flexibility index (Phi) is 8.02. The van der Waals surface area contributed by atoms with Crippen molar-refractivity contribution in [2.75, 3.05) is 40.9 Å². The fourth-order valence-corrected chi connectivity index (χ4v) is 3.32. The number of carbonyl (C=O) groups is 1. The van der Waals surface area contributed by atoms with Gasteiger partial charge in [0.2, 0.25) is 5.88 Å². The van der Waals surface area contributed by atoms with Gasteiger partial charge in [-0.25, -0.2) is 0 Å². The average molecular weight is 370 g/mol. The lowest BCUT2D eigenvalue weighted by molar-refractivity contribution is -0.128. The van der Waals surface area contributed by atoms with E-state index >= 15 is 0 Å². The molecule has 1 saturated heterocycles. The van der Waals surface area contributed by atoms with Gasteiger partial charge in [-0.3, -0.25) is 4.79 Å². The summed E-state index contributed by atoms with van der Waals surface area (Å²) in [5.41, 5.74) is 3.94. The van der Waals surface area contributed by atoms with Crippen molar-refractivity contribution in [3.05, 3.63) is 65.5 Å². The van der Waals surface area contributed by atoms with Gasteiger partial charge in [0.25, 0.3) is 5.91 Å². The average Bonchev–Trinajstić information content (AvgIpc) is 2.69. The second-order valence-corrected chi connectivity index (χ2v) is 6.67. The lowest BCUT2D eigenvalue weighted by Gasteiger charge is -2.34. The van der Waals surface area contributed by atoms with Gasteiger partial charge in [-0.2, -0.15) is 0 Å². The minimum atomic E-state index is 0.0709. The SMILES string of the molecule is C/C=C\C=C/C=C=C[C@H]1CCCN(C(=O)C2=CC(OC)=C(OC)N(C)C2)C1. The first-order valence-electron chi connectivity index (χ1n) is 9.34. The molecule has 0 aromatic heterocycles. The second-order valence-electron chi connectivity index (χ2n) is 6.67. The summed E-state index contributed by atoms with van der Waals surface area (Å²) in [4.78, 5) is 16.8. The van der Waals surface area contributed by atoms with Crippen LogP contribution in [0.5, 0.6) is 0 Å². The van der Waals surface area contributed by atoms with Crippen LogP contribution in [-0.2, 0) is 14.3 Å². The standard InChI is InChI=1S/C22H30N2O3/c1-5-6-7-8-9-10-12-18-13-11-14-24(16-18)21(25)19-15-20(26-3)22(27-4)23(2)17-19/h5-9,12,15,18H,11,13-14,16-17H2,1-4H3/b6-5-,8-7-/t10?,18-/m0/s1. The van der Waals surface area contributed by atoms with Crippen molar-refractivity contribution in [2.24, 2.45) is 5.92 Å². The van der Waals surface area contributed by atoms with Gasteiger partial charge in [-0.15, -0.1) is 5.73 Å². The van der Waals surface area contributed by atoms with Crippen molar-refractivity contribution >= 4 is 5.91 Å². The lowest BCUT2D eigenvalue weighted by atomic mass is 9.97. The maximum absolute atomic E-state index is 13.0. The Morgan fingerprint density at radius 3 is 2.78 bits per heavy atom. The minimum Gasteiger partial charge on any atom is -0.491 e. The number of carbonyl (C=O) groups excluding carboxylic acids is 1. The Hall–Kier alpha value is -2.65. The van der Waals surface area contributed by atoms with Crippen LogP contribution < -0.4 is 0 Å². The highest BCUT2D eigenvalue weighted by molar-refractivity contribution is 5.94. The predicted octanol–water partition coefficient (Wildman–Crippen LogP) is 3.40. The topological polar surface area (TPSA) is 42.0 Å². The summed E-state index contributed by atoms with van der Waals surface area (Å²) in [5, 5.41) is 0. The number of likely N-dealkylation sites (tertiary alicyclic amines) is 1. The third kappa shape index (κ3) is 5.66. The molecular weight excluding hydrogens is 340 g/mol. The molecule has 0 spiro atoms. The van der Waals surface area contributed by atoms with Gasteiger partial charge in [-0.1, -0.05) is 24.3 Å². The molecule has 2 heterocycles. The Morgan fingerprint density at radius 1 is 1.26 bits per heavy atom. The third-order valence-corrected chi connectivity index (χ3v) is 4.64. The number of piperidine rings is 1. The van der Waals surface area contributed by atoms with Gasteiger partial charge in [0, 0.05) is 31.6 Å². The molecule has 2 rings (SSSR count). The summed E-state index contributed by atoms with van der Waals surface area (Å²) in [6.45, 7) is 4.01.